The lowest BCUT2D eigenvalue weighted by Gasteiger charge is -2.13. The number of carbonyl (C=O) groups excluding carboxylic acids is 4. The predicted molar refractivity (Wildman–Crippen MR) is 94.3 cm³/mol. The molecule has 0 saturated heterocycles. The van der Waals surface area contributed by atoms with Gasteiger partial charge in [0.2, 0.25) is 5.91 Å². The number of rotatable bonds is 15. The number of Topliss-reactive ketones (excluding diaryl/α,β-unsaturated/α-hetero) is 1. The highest BCUT2D eigenvalue weighted by atomic mass is 16.5. The van der Waals surface area contributed by atoms with Crippen LogP contribution in [-0.2, 0) is 28.7 Å². The van der Waals surface area contributed by atoms with Gasteiger partial charge in [0.1, 0.15) is 5.78 Å². The average molecular weight is 368 g/mol. The van der Waals surface area contributed by atoms with Crippen LogP contribution >= 0.6 is 0 Å². The molecule has 0 fully saturated rings. The molecule has 1 aliphatic heterocycles. The normalized spacial score (nSPS) is 13.5. The second-order valence-corrected chi connectivity index (χ2v) is 6.00. The Kier molecular flexibility index (Phi) is 11.1. The number of ketones is 1. The molecule has 1 heterocycles. The predicted octanol–water partition coefficient (Wildman–Crippen LogP) is 0.600. The van der Waals surface area contributed by atoms with Crippen molar-refractivity contribution in [2.45, 2.75) is 39.0 Å². The van der Waals surface area contributed by atoms with Gasteiger partial charge in [0, 0.05) is 44.7 Å². The molecule has 0 saturated carbocycles. The summed E-state index contributed by atoms with van der Waals surface area (Å²) >= 11 is 0. The fourth-order valence-corrected chi connectivity index (χ4v) is 2.30. The van der Waals surface area contributed by atoms with Crippen molar-refractivity contribution in [3.8, 4) is 0 Å². The van der Waals surface area contributed by atoms with Crippen molar-refractivity contribution < 1.29 is 28.7 Å². The van der Waals surface area contributed by atoms with E-state index in [1.54, 1.807) is 6.92 Å². The Morgan fingerprint density at radius 2 is 1.58 bits per heavy atom. The fourth-order valence-electron chi connectivity index (χ4n) is 2.30. The molecule has 0 spiro atoms. The number of nitrogens with zero attached hydrogens (tertiary/aromatic N) is 1. The van der Waals surface area contributed by atoms with E-state index in [1.165, 1.54) is 17.1 Å². The Labute approximate surface area is 153 Å². The first-order valence-electron chi connectivity index (χ1n) is 8.96. The largest absolute Gasteiger partial charge is 0.379 e. The SMILES string of the molecule is CC(=O)CCCOCCOCCNC(=O)CCCCN1C(=O)C=CC1=O. The number of hydrogen-bond acceptors (Lipinski definition) is 6. The minimum absolute atomic E-state index is 0.0775. The number of hydrogen-bond donors (Lipinski definition) is 1. The summed E-state index contributed by atoms with van der Waals surface area (Å²) in [6.07, 6.45) is 5.33. The summed E-state index contributed by atoms with van der Waals surface area (Å²) < 4.78 is 10.6. The van der Waals surface area contributed by atoms with Gasteiger partial charge in [0.25, 0.3) is 11.8 Å². The van der Waals surface area contributed by atoms with Gasteiger partial charge in [0.15, 0.2) is 0 Å². The van der Waals surface area contributed by atoms with Crippen LogP contribution in [0.25, 0.3) is 0 Å². The summed E-state index contributed by atoms with van der Waals surface area (Å²) in [5.74, 6) is -0.499. The van der Waals surface area contributed by atoms with Crippen LogP contribution in [0.4, 0.5) is 0 Å². The van der Waals surface area contributed by atoms with Crippen LogP contribution in [0.3, 0.4) is 0 Å². The monoisotopic (exact) mass is 368 g/mol. The van der Waals surface area contributed by atoms with Crippen LogP contribution in [-0.4, -0.2) is 67.9 Å². The molecule has 0 radical (unpaired) electrons. The van der Waals surface area contributed by atoms with Gasteiger partial charge in [-0.3, -0.25) is 19.3 Å². The van der Waals surface area contributed by atoms with E-state index >= 15 is 0 Å². The molecular formula is C18H28N2O6. The molecule has 0 aliphatic carbocycles. The van der Waals surface area contributed by atoms with E-state index in [9.17, 15) is 19.2 Å². The number of ether oxygens (including phenoxy) is 2. The standard InChI is InChI=1S/C18H28N2O6/c1-15(21)5-4-11-25-13-14-26-12-9-19-16(22)6-2-3-10-20-17(23)7-8-18(20)24/h7-8H,2-6,9-14H2,1H3,(H,19,22). The topological polar surface area (TPSA) is 102 Å². The molecule has 0 aromatic rings. The Morgan fingerprint density at radius 1 is 0.923 bits per heavy atom. The average Bonchev–Trinajstić information content (AvgIpc) is 2.91. The van der Waals surface area contributed by atoms with Crippen LogP contribution in [0.2, 0.25) is 0 Å². The summed E-state index contributed by atoms with van der Waals surface area (Å²) in [5, 5.41) is 2.75. The van der Waals surface area contributed by atoms with Gasteiger partial charge in [-0.1, -0.05) is 0 Å². The van der Waals surface area contributed by atoms with Gasteiger partial charge in [-0.2, -0.15) is 0 Å². The number of amides is 3. The lowest BCUT2D eigenvalue weighted by atomic mass is 10.2. The number of carbonyl (C=O) groups is 4. The van der Waals surface area contributed by atoms with Gasteiger partial charge in [-0.25, -0.2) is 0 Å². The van der Waals surface area contributed by atoms with Crippen molar-refractivity contribution in [1.82, 2.24) is 10.2 Å². The summed E-state index contributed by atoms with van der Waals surface area (Å²) in [6, 6.07) is 0. The molecule has 0 aromatic carbocycles. The molecule has 8 heteroatoms. The lowest BCUT2D eigenvalue weighted by Crippen LogP contribution is -2.31. The van der Waals surface area contributed by atoms with E-state index in [0.29, 0.717) is 65.2 Å². The highest BCUT2D eigenvalue weighted by Gasteiger charge is 2.22. The van der Waals surface area contributed by atoms with Crippen molar-refractivity contribution in [3.05, 3.63) is 12.2 Å². The zero-order valence-corrected chi connectivity index (χ0v) is 15.3. The minimum Gasteiger partial charge on any atom is -0.379 e. The van der Waals surface area contributed by atoms with E-state index in [4.69, 9.17) is 9.47 Å². The van der Waals surface area contributed by atoms with E-state index in [2.05, 4.69) is 5.32 Å². The molecule has 0 aromatic heterocycles. The van der Waals surface area contributed by atoms with Crippen LogP contribution in [0.5, 0.6) is 0 Å². The smallest absolute Gasteiger partial charge is 0.253 e. The van der Waals surface area contributed by atoms with Gasteiger partial charge < -0.3 is 19.6 Å². The quantitative estimate of drug-likeness (QED) is 0.335. The van der Waals surface area contributed by atoms with Crippen molar-refractivity contribution >= 4 is 23.5 Å². The van der Waals surface area contributed by atoms with Crippen molar-refractivity contribution in [2.24, 2.45) is 0 Å². The molecular weight excluding hydrogens is 340 g/mol. The van der Waals surface area contributed by atoms with Crippen LogP contribution in [0.15, 0.2) is 12.2 Å². The summed E-state index contributed by atoms with van der Waals surface area (Å²) in [7, 11) is 0. The summed E-state index contributed by atoms with van der Waals surface area (Å²) in [5.41, 5.74) is 0. The summed E-state index contributed by atoms with van der Waals surface area (Å²) in [4.78, 5) is 46.2. The molecule has 8 nitrogen and oxygen atoms in total. The van der Waals surface area contributed by atoms with Crippen molar-refractivity contribution in [3.63, 3.8) is 0 Å². The maximum absolute atomic E-state index is 11.7. The van der Waals surface area contributed by atoms with E-state index in [0.717, 1.165) is 6.42 Å². The fraction of sp³-hybridized carbons (Fsp3) is 0.667. The zero-order chi connectivity index (χ0) is 19.2. The Morgan fingerprint density at radius 3 is 2.23 bits per heavy atom. The van der Waals surface area contributed by atoms with Crippen molar-refractivity contribution in [1.29, 1.82) is 0 Å². The molecule has 1 rings (SSSR count). The first-order chi connectivity index (χ1) is 12.5. The van der Waals surface area contributed by atoms with Crippen LogP contribution in [0.1, 0.15) is 39.0 Å². The maximum Gasteiger partial charge on any atom is 0.253 e. The molecule has 146 valence electrons. The Hall–Kier alpha value is -2.06. The lowest BCUT2D eigenvalue weighted by molar-refractivity contribution is -0.136. The minimum atomic E-state index is -0.292. The Balaban J connectivity index is 1.86. The molecule has 0 unspecified atom stereocenters. The first-order valence-corrected chi connectivity index (χ1v) is 8.96. The second-order valence-electron chi connectivity index (χ2n) is 6.00. The van der Waals surface area contributed by atoms with Gasteiger partial charge in [0.05, 0.1) is 19.8 Å². The highest BCUT2D eigenvalue weighted by molar-refractivity contribution is 6.12. The van der Waals surface area contributed by atoms with Crippen LogP contribution in [0, 0.1) is 0 Å². The van der Waals surface area contributed by atoms with Gasteiger partial charge in [-0.05, 0) is 26.2 Å². The summed E-state index contributed by atoms with van der Waals surface area (Å²) in [6.45, 7) is 4.19. The van der Waals surface area contributed by atoms with E-state index in [-0.39, 0.29) is 23.5 Å². The number of nitrogens with one attached hydrogen (secondary N) is 1. The first kappa shape index (κ1) is 22.0. The molecule has 0 atom stereocenters. The molecule has 3 amide bonds. The molecule has 1 aliphatic rings. The number of unbranched alkanes of at least 4 members (excludes halogenated alkanes) is 1. The third-order valence-electron chi connectivity index (χ3n) is 3.69. The van der Waals surface area contributed by atoms with Crippen LogP contribution < -0.4 is 5.32 Å². The van der Waals surface area contributed by atoms with Gasteiger partial charge in [-0.15, -0.1) is 0 Å². The second kappa shape index (κ2) is 13.2. The molecule has 26 heavy (non-hydrogen) atoms. The van der Waals surface area contributed by atoms with Crippen molar-refractivity contribution in [2.75, 3.05) is 39.5 Å². The highest BCUT2D eigenvalue weighted by Crippen LogP contribution is 2.06. The molecule has 0 bridgehead atoms. The zero-order valence-electron chi connectivity index (χ0n) is 15.3. The van der Waals surface area contributed by atoms with E-state index < -0.39 is 0 Å². The maximum atomic E-state index is 11.7. The van der Waals surface area contributed by atoms with E-state index in [1.807, 2.05) is 0 Å². The third-order valence-corrected chi connectivity index (χ3v) is 3.69. The molecule has 1 N–H and O–H groups in total. The van der Waals surface area contributed by atoms with Gasteiger partial charge >= 0.3 is 0 Å². The Bertz CT molecular complexity index is 500. The number of imide groups is 1. The third kappa shape index (κ3) is 10.0.